The molecule has 136 valence electrons. The van der Waals surface area contributed by atoms with Crippen LogP contribution in [-0.2, 0) is 9.53 Å². The summed E-state index contributed by atoms with van der Waals surface area (Å²) < 4.78 is 11.0. The SMILES string of the molecule is O=C(CCCCCCOc1ccc(-c2ccccc2)cc1)C1=NCCO1. The van der Waals surface area contributed by atoms with E-state index in [2.05, 4.69) is 29.3 Å². The fourth-order valence-electron chi connectivity index (χ4n) is 2.92. The van der Waals surface area contributed by atoms with E-state index in [4.69, 9.17) is 9.47 Å². The third-order valence-electron chi connectivity index (χ3n) is 4.35. The number of hydrogen-bond donors (Lipinski definition) is 0. The number of ether oxygens (including phenoxy) is 2. The van der Waals surface area contributed by atoms with Gasteiger partial charge in [-0.2, -0.15) is 0 Å². The summed E-state index contributed by atoms with van der Waals surface area (Å²) in [4.78, 5) is 15.8. The first-order valence-electron chi connectivity index (χ1n) is 9.32. The summed E-state index contributed by atoms with van der Waals surface area (Å²) in [5.74, 6) is 1.26. The molecule has 0 aromatic heterocycles. The fourth-order valence-corrected chi connectivity index (χ4v) is 2.92. The van der Waals surface area contributed by atoms with Crippen LogP contribution in [0, 0.1) is 0 Å². The quantitative estimate of drug-likeness (QED) is 0.584. The second-order valence-corrected chi connectivity index (χ2v) is 6.36. The highest BCUT2D eigenvalue weighted by atomic mass is 16.5. The summed E-state index contributed by atoms with van der Waals surface area (Å²) in [5.41, 5.74) is 2.40. The Morgan fingerprint density at radius 2 is 1.65 bits per heavy atom. The molecule has 3 rings (SSSR count). The molecule has 0 unspecified atom stereocenters. The number of unbranched alkanes of at least 4 members (excludes halogenated alkanes) is 3. The van der Waals surface area contributed by atoms with Crippen LogP contribution in [0.25, 0.3) is 11.1 Å². The Kier molecular flexibility index (Phi) is 6.82. The molecule has 4 nitrogen and oxygen atoms in total. The minimum atomic E-state index is 0.0391. The van der Waals surface area contributed by atoms with E-state index < -0.39 is 0 Å². The van der Waals surface area contributed by atoms with Crippen molar-refractivity contribution in [2.45, 2.75) is 32.1 Å². The summed E-state index contributed by atoms with van der Waals surface area (Å²) in [6.45, 7) is 1.87. The van der Waals surface area contributed by atoms with E-state index in [0.717, 1.165) is 31.4 Å². The lowest BCUT2D eigenvalue weighted by Gasteiger charge is -2.07. The summed E-state index contributed by atoms with van der Waals surface area (Å²) in [5, 5.41) is 0. The number of carbonyl (C=O) groups excluding carboxylic acids is 1. The number of carbonyl (C=O) groups is 1. The maximum absolute atomic E-state index is 11.8. The number of aliphatic imine (C=N–C) groups is 1. The molecule has 0 atom stereocenters. The van der Waals surface area contributed by atoms with Gasteiger partial charge in [0, 0.05) is 6.42 Å². The molecule has 2 aromatic rings. The Morgan fingerprint density at radius 3 is 2.38 bits per heavy atom. The van der Waals surface area contributed by atoms with Crippen LogP contribution in [0.1, 0.15) is 32.1 Å². The highest BCUT2D eigenvalue weighted by Crippen LogP contribution is 2.22. The van der Waals surface area contributed by atoms with E-state index in [9.17, 15) is 4.79 Å². The topological polar surface area (TPSA) is 47.9 Å². The number of benzene rings is 2. The minimum absolute atomic E-state index is 0.0391. The van der Waals surface area contributed by atoms with E-state index in [0.29, 0.717) is 32.1 Å². The van der Waals surface area contributed by atoms with Crippen molar-refractivity contribution < 1.29 is 14.3 Å². The maximum atomic E-state index is 11.8. The van der Waals surface area contributed by atoms with Crippen LogP contribution >= 0.6 is 0 Å². The van der Waals surface area contributed by atoms with Crippen LogP contribution in [0.15, 0.2) is 59.6 Å². The number of Topliss-reactive ketones (excluding diaryl/α,β-unsaturated/α-hetero) is 1. The monoisotopic (exact) mass is 351 g/mol. The van der Waals surface area contributed by atoms with Gasteiger partial charge in [0.2, 0.25) is 5.78 Å². The van der Waals surface area contributed by atoms with Gasteiger partial charge in [0.25, 0.3) is 5.90 Å². The van der Waals surface area contributed by atoms with Crippen molar-refractivity contribution in [2.24, 2.45) is 4.99 Å². The smallest absolute Gasteiger partial charge is 0.253 e. The molecule has 26 heavy (non-hydrogen) atoms. The molecule has 0 radical (unpaired) electrons. The maximum Gasteiger partial charge on any atom is 0.253 e. The molecule has 1 aliphatic heterocycles. The van der Waals surface area contributed by atoms with Gasteiger partial charge in [0.05, 0.1) is 13.2 Å². The highest BCUT2D eigenvalue weighted by Gasteiger charge is 2.15. The Balaban J connectivity index is 1.28. The fraction of sp³-hybridized carbons (Fsp3) is 0.364. The first kappa shape index (κ1) is 18.2. The molecule has 0 amide bonds. The molecule has 0 fully saturated rings. The van der Waals surface area contributed by atoms with Gasteiger partial charge in [0.1, 0.15) is 12.4 Å². The third-order valence-corrected chi connectivity index (χ3v) is 4.35. The van der Waals surface area contributed by atoms with Gasteiger partial charge < -0.3 is 9.47 Å². The average molecular weight is 351 g/mol. The Morgan fingerprint density at radius 1 is 0.923 bits per heavy atom. The molecular formula is C22H25NO3. The van der Waals surface area contributed by atoms with E-state index in [1.165, 1.54) is 11.1 Å². The summed E-state index contributed by atoms with van der Waals surface area (Å²) in [7, 11) is 0. The van der Waals surface area contributed by atoms with Gasteiger partial charge in [-0.1, -0.05) is 55.3 Å². The molecule has 4 heteroatoms. The molecule has 0 aliphatic carbocycles. The van der Waals surface area contributed by atoms with Crippen molar-refractivity contribution in [3.8, 4) is 16.9 Å². The van der Waals surface area contributed by atoms with Crippen molar-refractivity contribution in [1.82, 2.24) is 0 Å². The van der Waals surface area contributed by atoms with Crippen LogP contribution in [0.5, 0.6) is 5.75 Å². The van der Waals surface area contributed by atoms with Crippen molar-refractivity contribution in [1.29, 1.82) is 0 Å². The lowest BCUT2D eigenvalue weighted by atomic mass is 10.1. The zero-order valence-electron chi connectivity index (χ0n) is 15.0. The number of hydrogen-bond acceptors (Lipinski definition) is 4. The number of rotatable bonds is 10. The van der Waals surface area contributed by atoms with Gasteiger partial charge in [-0.05, 0) is 36.1 Å². The molecule has 0 bridgehead atoms. The van der Waals surface area contributed by atoms with E-state index in [-0.39, 0.29) is 5.78 Å². The molecule has 0 saturated heterocycles. The Labute approximate surface area is 154 Å². The van der Waals surface area contributed by atoms with Crippen LogP contribution in [0.4, 0.5) is 0 Å². The zero-order chi connectivity index (χ0) is 18.0. The lowest BCUT2D eigenvalue weighted by molar-refractivity contribution is -0.114. The Bertz CT molecular complexity index is 723. The first-order chi connectivity index (χ1) is 12.8. The zero-order valence-corrected chi connectivity index (χ0v) is 15.0. The predicted octanol–water partition coefficient (Wildman–Crippen LogP) is 4.68. The highest BCUT2D eigenvalue weighted by molar-refractivity contribution is 6.36. The summed E-state index contributed by atoms with van der Waals surface area (Å²) >= 11 is 0. The van der Waals surface area contributed by atoms with Crippen molar-refractivity contribution in [3.63, 3.8) is 0 Å². The molecule has 2 aromatic carbocycles. The van der Waals surface area contributed by atoms with E-state index >= 15 is 0 Å². The lowest BCUT2D eigenvalue weighted by Crippen LogP contribution is -2.13. The van der Waals surface area contributed by atoms with Gasteiger partial charge in [0.15, 0.2) is 0 Å². The van der Waals surface area contributed by atoms with E-state index in [1.807, 2.05) is 30.3 Å². The van der Waals surface area contributed by atoms with Gasteiger partial charge >= 0.3 is 0 Å². The van der Waals surface area contributed by atoms with Gasteiger partial charge in [-0.3, -0.25) is 4.79 Å². The van der Waals surface area contributed by atoms with E-state index in [1.54, 1.807) is 0 Å². The van der Waals surface area contributed by atoms with Crippen LogP contribution in [0.3, 0.4) is 0 Å². The Hall–Kier alpha value is -2.62. The molecule has 0 saturated carbocycles. The first-order valence-corrected chi connectivity index (χ1v) is 9.32. The van der Waals surface area contributed by atoms with Gasteiger partial charge in [-0.25, -0.2) is 4.99 Å². The second-order valence-electron chi connectivity index (χ2n) is 6.36. The molecule has 1 aliphatic rings. The van der Waals surface area contributed by atoms with Crippen molar-refractivity contribution >= 4 is 11.7 Å². The summed E-state index contributed by atoms with van der Waals surface area (Å²) in [6.07, 6.45) is 4.48. The molecule has 0 spiro atoms. The number of ketones is 1. The minimum Gasteiger partial charge on any atom is -0.494 e. The van der Waals surface area contributed by atoms with Crippen molar-refractivity contribution in [3.05, 3.63) is 54.6 Å². The van der Waals surface area contributed by atoms with Crippen molar-refractivity contribution in [2.75, 3.05) is 19.8 Å². The predicted molar refractivity (Wildman–Crippen MR) is 104 cm³/mol. The molecule has 0 N–H and O–H groups in total. The normalized spacial score (nSPS) is 13.2. The second kappa shape index (κ2) is 9.76. The molecule has 1 heterocycles. The third kappa shape index (κ3) is 5.45. The molecular weight excluding hydrogens is 326 g/mol. The number of nitrogens with zero attached hydrogens (tertiary/aromatic N) is 1. The van der Waals surface area contributed by atoms with Crippen LogP contribution in [-0.4, -0.2) is 31.4 Å². The average Bonchev–Trinajstić information content (AvgIpc) is 3.23. The van der Waals surface area contributed by atoms with Crippen LogP contribution in [0.2, 0.25) is 0 Å². The standard InChI is InChI=1S/C22H25NO3/c24-21(22-23-15-17-26-22)10-6-1-2-7-16-25-20-13-11-19(12-14-20)18-8-4-3-5-9-18/h3-5,8-9,11-14H,1-2,6-7,10,15-17H2. The largest absolute Gasteiger partial charge is 0.494 e. The van der Waals surface area contributed by atoms with Crippen LogP contribution < -0.4 is 4.74 Å². The van der Waals surface area contributed by atoms with Gasteiger partial charge in [-0.15, -0.1) is 0 Å². The summed E-state index contributed by atoms with van der Waals surface area (Å²) in [6, 6.07) is 18.5.